The summed E-state index contributed by atoms with van der Waals surface area (Å²) in [5.41, 5.74) is 2.86. The molecule has 0 amide bonds. The molecule has 0 aliphatic heterocycles. The summed E-state index contributed by atoms with van der Waals surface area (Å²) in [5, 5.41) is 21.1. The molecule has 1 rings (SSSR count). The second kappa shape index (κ2) is 6.26. The third kappa shape index (κ3) is 3.92. The summed E-state index contributed by atoms with van der Waals surface area (Å²) < 4.78 is 5.26. The monoisotopic (exact) mass is 253 g/mol. The molecule has 5 nitrogen and oxygen atoms in total. The fourth-order valence-corrected chi connectivity index (χ4v) is 1.81. The fourth-order valence-electron chi connectivity index (χ4n) is 1.81. The van der Waals surface area contributed by atoms with E-state index in [2.05, 4.69) is 5.32 Å². The van der Waals surface area contributed by atoms with Gasteiger partial charge in [0.25, 0.3) is 0 Å². The lowest BCUT2D eigenvalue weighted by molar-refractivity contribution is -0.138. The summed E-state index contributed by atoms with van der Waals surface area (Å²) in [7, 11) is 1.58. The smallest absolute Gasteiger partial charge is 0.306 e. The number of rotatable bonds is 6. The second-order valence-electron chi connectivity index (χ2n) is 4.29. The normalized spacial score (nSPS) is 12.0. The first-order valence-corrected chi connectivity index (χ1v) is 5.73. The van der Waals surface area contributed by atoms with Gasteiger partial charge < -0.3 is 20.3 Å². The zero-order valence-corrected chi connectivity index (χ0v) is 10.9. The molecule has 0 bridgehead atoms. The number of carboxylic acid groups (broad SMARTS) is 1. The van der Waals surface area contributed by atoms with Gasteiger partial charge in [0.05, 0.1) is 25.3 Å². The molecule has 0 saturated carbocycles. The third-order valence-electron chi connectivity index (χ3n) is 2.59. The van der Waals surface area contributed by atoms with E-state index in [1.165, 1.54) is 0 Å². The van der Waals surface area contributed by atoms with E-state index < -0.39 is 12.1 Å². The van der Waals surface area contributed by atoms with Gasteiger partial charge in [0.2, 0.25) is 0 Å². The van der Waals surface area contributed by atoms with Crippen molar-refractivity contribution in [1.82, 2.24) is 0 Å². The standard InChI is InChI=1S/C13H19NO4/c1-8-4-9(2)13(11(5-8)18-3)14-7-10(15)6-12(16)17/h4-5,10,14-15H,6-7H2,1-3H3,(H,16,17). The molecule has 0 aliphatic rings. The average molecular weight is 253 g/mol. The molecule has 0 fully saturated rings. The highest BCUT2D eigenvalue weighted by molar-refractivity contribution is 5.67. The topological polar surface area (TPSA) is 78.8 Å². The summed E-state index contributed by atoms with van der Waals surface area (Å²) in [5.74, 6) is -0.327. The number of nitrogens with one attached hydrogen (secondary N) is 1. The first kappa shape index (κ1) is 14.3. The zero-order valence-electron chi connectivity index (χ0n) is 10.9. The Morgan fingerprint density at radius 1 is 1.44 bits per heavy atom. The van der Waals surface area contributed by atoms with Crippen molar-refractivity contribution in [2.24, 2.45) is 0 Å². The maximum atomic E-state index is 10.4. The van der Waals surface area contributed by atoms with Crippen LogP contribution in [0.5, 0.6) is 5.75 Å². The van der Waals surface area contributed by atoms with Crippen LogP contribution in [0.4, 0.5) is 5.69 Å². The molecule has 1 aromatic rings. The van der Waals surface area contributed by atoms with Crippen molar-refractivity contribution in [2.75, 3.05) is 19.0 Å². The van der Waals surface area contributed by atoms with Crippen LogP contribution in [0.15, 0.2) is 12.1 Å². The van der Waals surface area contributed by atoms with Gasteiger partial charge in [-0.05, 0) is 31.0 Å². The molecule has 0 aliphatic carbocycles. The molecule has 0 aromatic heterocycles. The molecule has 1 aromatic carbocycles. The van der Waals surface area contributed by atoms with E-state index in [1.807, 2.05) is 26.0 Å². The summed E-state index contributed by atoms with van der Waals surface area (Å²) in [6.07, 6.45) is -1.20. The Kier molecular flexibility index (Phi) is 4.97. The Bertz CT molecular complexity index is 431. The van der Waals surface area contributed by atoms with Gasteiger partial charge in [-0.15, -0.1) is 0 Å². The number of benzene rings is 1. The van der Waals surface area contributed by atoms with Gasteiger partial charge in [0.15, 0.2) is 0 Å². The maximum Gasteiger partial charge on any atom is 0.306 e. The molecule has 1 atom stereocenters. The summed E-state index contributed by atoms with van der Waals surface area (Å²) in [4.78, 5) is 10.4. The largest absolute Gasteiger partial charge is 0.495 e. The number of aliphatic hydroxyl groups is 1. The Morgan fingerprint density at radius 2 is 2.11 bits per heavy atom. The number of aryl methyl sites for hydroxylation is 2. The van der Waals surface area contributed by atoms with Gasteiger partial charge in [-0.1, -0.05) is 6.07 Å². The predicted octanol–water partition coefficient (Wildman–Crippen LogP) is 1.56. The molecular weight excluding hydrogens is 234 g/mol. The lowest BCUT2D eigenvalue weighted by Gasteiger charge is -2.16. The number of carboxylic acids is 1. The van der Waals surface area contributed by atoms with Gasteiger partial charge in [-0.25, -0.2) is 0 Å². The van der Waals surface area contributed by atoms with E-state index in [0.29, 0.717) is 5.75 Å². The van der Waals surface area contributed by atoms with Crippen molar-refractivity contribution in [3.8, 4) is 5.75 Å². The van der Waals surface area contributed by atoms with E-state index in [0.717, 1.165) is 16.8 Å². The van der Waals surface area contributed by atoms with Gasteiger partial charge in [0, 0.05) is 6.54 Å². The van der Waals surface area contributed by atoms with E-state index in [-0.39, 0.29) is 13.0 Å². The number of anilines is 1. The molecule has 5 heteroatoms. The first-order chi connectivity index (χ1) is 8.43. The Hall–Kier alpha value is -1.75. The zero-order chi connectivity index (χ0) is 13.7. The third-order valence-corrected chi connectivity index (χ3v) is 2.59. The Labute approximate surface area is 106 Å². The molecule has 0 saturated heterocycles. The van der Waals surface area contributed by atoms with Gasteiger partial charge in [-0.3, -0.25) is 4.79 Å². The quantitative estimate of drug-likeness (QED) is 0.717. The van der Waals surface area contributed by atoms with Gasteiger partial charge in [-0.2, -0.15) is 0 Å². The van der Waals surface area contributed by atoms with Crippen LogP contribution in [0.1, 0.15) is 17.5 Å². The summed E-state index contributed by atoms with van der Waals surface area (Å²) >= 11 is 0. The Balaban J connectivity index is 2.75. The molecule has 100 valence electrons. The summed E-state index contributed by atoms with van der Waals surface area (Å²) in [6.45, 7) is 4.08. The predicted molar refractivity (Wildman–Crippen MR) is 69.2 cm³/mol. The molecule has 3 N–H and O–H groups in total. The number of carbonyl (C=O) groups is 1. The maximum absolute atomic E-state index is 10.4. The van der Waals surface area contributed by atoms with Crippen molar-refractivity contribution in [3.05, 3.63) is 23.3 Å². The Morgan fingerprint density at radius 3 is 2.67 bits per heavy atom. The van der Waals surface area contributed by atoms with Crippen molar-refractivity contribution in [3.63, 3.8) is 0 Å². The SMILES string of the molecule is COc1cc(C)cc(C)c1NCC(O)CC(=O)O. The highest BCUT2D eigenvalue weighted by atomic mass is 16.5. The number of hydrogen-bond acceptors (Lipinski definition) is 4. The number of hydrogen-bond donors (Lipinski definition) is 3. The number of methoxy groups -OCH3 is 1. The van der Waals surface area contributed by atoms with E-state index in [9.17, 15) is 9.90 Å². The minimum atomic E-state index is -1.02. The molecular formula is C13H19NO4. The highest BCUT2D eigenvalue weighted by Crippen LogP contribution is 2.29. The molecule has 0 heterocycles. The van der Waals surface area contributed by atoms with Crippen LogP contribution in [0.25, 0.3) is 0 Å². The molecule has 18 heavy (non-hydrogen) atoms. The minimum absolute atomic E-state index is 0.173. The first-order valence-electron chi connectivity index (χ1n) is 5.73. The minimum Gasteiger partial charge on any atom is -0.495 e. The van der Waals surface area contributed by atoms with E-state index in [4.69, 9.17) is 9.84 Å². The lowest BCUT2D eigenvalue weighted by Crippen LogP contribution is -2.23. The van der Waals surface area contributed by atoms with Gasteiger partial charge >= 0.3 is 5.97 Å². The van der Waals surface area contributed by atoms with Crippen LogP contribution in [0, 0.1) is 13.8 Å². The van der Waals surface area contributed by atoms with Crippen LogP contribution in [-0.4, -0.2) is 35.9 Å². The number of ether oxygens (including phenoxy) is 1. The van der Waals surface area contributed by atoms with Crippen molar-refractivity contribution >= 4 is 11.7 Å². The molecule has 0 radical (unpaired) electrons. The molecule has 1 unspecified atom stereocenters. The van der Waals surface area contributed by atoms with Crippen molar-refractivity contribution in [1.29, 1.82) is 0 Å². The second-order valence-corrected chi connectivity index (χ2v) is 4.29. The fraction of sp³-hybridized carbons (Fsp3) is 0.462. The highest BCUT2D eigenvalue weighted by Gasteiger charge is 2.12. The molecule has 0 spiro atoms. The van der Waals surface area contributed by atoms with Crippen LogP contribution in [-0.2, 0) is 4.79 Å². The van der Waals surface area contributed by atoms with Crippen molar-refractivity contribution < 1.29 is 19.7 Å². The van der Waals surface area contributed by atoms with Crippen molar-refractivity contribution in [2.45, 2.75) is 26.4 Å². The lowest BCUT2D eigenvalue weighted by atomic mass is 10.1. The van der Waals surface area contributed by atoms with Gasteiger partial charge in [0.1, 0.15) is 5.75 Å². The van der Waals surface area contributed by atoms with Crippen LogP contribution in [0.2, 0.25) is 0 Å². The van der Waals surface area contributed by atoms with E-state index in [1.54, 1.807) is 7.11 Å². The van der Waals surface area contributed by atoms with Crippen LogP contribution in [0.3, 0.4) is 0 Å². The van der Waals surface area contributed by atoms with Crippen LogP contribution >= 0.6 is 0 Å². The summed E-state index contributed by atoms with van der Waals surface area (Å²) in [6, 6.07) is 3.88. The number of aliphatic carboxylic acids is 1. The van der Waals surface area contributed by atoms with E-state index >= 15 is 0 Å². The van der Waals surface area contributed by atoms with Crippen LogP contribution < -0.4 is 10.1 Å². The average Bonchev–Trinajstić information content (AvgIpc) is 2.25. The number of aliphatic hydroxyl groups excluding tert-OH is 1.